The number of allylic oxidation sites excluding steroid dienone is 6. The highest BCUT2D eigenvalue weighted by Crippen LogP contribution is 2.55. The lowest BCUT2D eigenvalue weighted by Crippen LogP contribution is -2.39. The summed E-state index contributed by atoms with van der Waals surface area (Å²) in [5.74, 6) is 0.186. The lowest BCUT2D eigenvalue weighted by Gasteiger charge is -2.40. The van der Waals surface area contributed by atoms with Crippen molar-refractivity contribution in [2.75, 3.05) is 0 Å². The zero-order chi connectivity index (χ0) is 18.1. The summed E-state index contributed by atoms with van der Waals surface area (Å²) in [7, 11) is 0. The van der Waals surface area contributed by atoms with Crippen molar-refractivity contribution >= 4 is 0 Å². The van der Waals surface area contributed by atoms with Gasteiger partial charge in [0.1, 0.15) is 0 Å². The molecule has 0 aromatic rings. The van der Waals surface area contributed by atoms with Gasteiger partial charge in [-0.1, -0.05) is 71.3 Å². The summed E-state index contributed by atoms with van der Waals surface area (Å²) in [5, 5.41) is 11.1. The molecule has 0 aromatic heterocycles. The van der Waals surface area contributed by atoms with Crippen molar-refractivity contribution in [3.05, 3.63) is 46.6 Å². The number of hydrogen-bond acceptors (Lipinski definition) is 1. The normalized spacial score (nSPS) is 25.5. The fraction of sp³-hybridized carbons (Fsp3) is 0.667. The lowest BCUT2D eigenvalue weighted by molar-refractivity contribution is -0.0194. The molecule has 3 aliphatic carbocycles. The fourth-order valence-corrected chi connectivity index (χ4v) is 5.80. The topological polar surface area (TPSA) is 20.2 Å². The predicted octanol–water partition coefficient (Wildman–Crippen LogP) is 6.66. The van der Waals surface area contributed by atoms with E-state index in [1.54, 1.807) is 22.3 Å². The Morgan fingerprint density at radius 3 is 1.68 bits per heavy atom. The molecule has 1 nitrogen and oxygen atoms in total. The first-order chi connectivity index (χ1) is 12.1. The molecule has 1 heteroatoms. The molecule has 0 amide bonds. The molecule has 0 atom stereocenters. The van der Waals surface area contributed by atoms with E-state index in [0.29, 0.717) is 0 Å². The monoisotopic (exact) mass is 340 g/mol. The van der Waals surface area contributed by atoms with Gasteiger partial charge in [-0.05, 0) is 60.8 Å². The van der Waals surface area contributed by atoms with E-state index < -0.39 is 5.60 Å². The Balaban J connectivity index is 1.99. The third kappa shape index (κ3) is 2.89. The second-order valence-corrected chi connectivity index (χ2v) is 8.11. The van der Waals surface area contributed by atoms with Crippen molar-refractivity contribution in [3.63, 3.8) is 0 Å². The lowest BCUT2D eigenvalue weighted by atomic mass is 9.67. The van der Waals surface area contributed by atoms with Crippen LogP contribution in [0.15, 0.2) is 46.6 Å². The summed E-state index contributed by atoms with van der Waals surface area (Å²) in [6.45, 7) is 9.22. The van der Waals surface area contributed by atoms with Crippen LogP contribution in [0.4, 0.5) is 0 Å². The van der Waals surface area contributed by atoms with Crippen LogP contribution < -0.4 is 0 Å². The average molecular weight is 341 g/mol. The van der Waals surface area contributed by atoms with Crippen molar-refractivity contribution in [2.45, 2.75) is 91.1 Å². The van der Waals surface area contributed by atoms with Crippen LogP contribution >= 0.6 is 0 Å². The van der Waals surface area contributed by atoms with Crippen LogP contribution in [0.3, 0.4) is 0 Å². The average Bonchev–Trinajstić information content (AvgIpc) is 2.90. The molecular formula is C24H36O. The molecule has 1 fully saturated rings. The van der Waals surface area contributed by atoms with Crippen LogP contribution in [0.5, 0.6) is 0 Å². The highest BCUT2D eigenvalue weighted by atomic mass is 16.3. The molecule has 1 saturated carbocycles. The highest BCUT2D eigenvalue weighted by molar-refractivity contribution is 5.60. The zero-order valence-corrected chi connectivity index (χ0v) is 16.7. The van der Waals surface area contributed by atoms with E-state index in [1.165, 1.54) is 19.3 Å². The van der Waals surface area contributed by atoms with Gasteiger partial charge in [-0.25, -0.2) is 0 Å². The van der Waals surface area contributed by atoms with E-state index in [0.717, 1.165) is 38.5 Å². The van der Waals surface area contributed by atoms with E-state index in [4.69, 9.17) is 0 Å². The minimum Gasteiger partial charge on any atom is -0.389 e. The Hall–Kier alpha value is -1.08. The van der Waals surface area contributed by atoms with Gasteiger partial charge in [0.25, 0.3) is 0 Å². The third-order valence-corrected chi connectivity index (χ3v) is 6.98. The molecule has 25 heavy (non-hydrogen) atoms. The Labute approximate surface area is 154 Å². The van der Waals surface area contributed by atoms with Crippen molar-refractivity contribution in [1.82, 2.24) is 0 Å². The third-order valence-electron chi connectivity index (χ3n) is 6.98. The molecule has 0 heterocycles. The Morgan fingerprint density at radius 2 is 1.28 bits per heavy atom. The maximum atomic E-state index is 11.1. The van der Waals surface area contributed by atoms with Crippen molar-refractivity contribution in [3.8, 4) is 0 Å². The van der Waals surface area contributed by atoms with Gasteiger partial charge in [0.15, 0.2) is 0 Å². The Bertz CT molecular complexity index is 578. The van der Waals surface area contributed by atoms with Gasteiger partial charge >= 0.3 is 0 Å². The summed E-state index contributed by atoms with van der Waals surface area (Å²) in [4.78, 5) is 0. The summed E-state index contributed by atoms with van der Waals surface area (Å²) in [5.41, 5.74) is 5.90. The molecule has 0 aliphatic heterocycles. The predicted molar refractivity (Wildman–Crippen MR) is 107 cm³/mol. The zero-order valence-electron chi connectivity index (χ0n) is 16.7. The van der Waals surface area contributed by atoms with E-state index in [2.05, 4.69) is 52.0 Å². The van der Waals surface area contributed by atoms with Crippen LogP contribution in [-0.2, 0) is 0 Å². The van der Waals surface area contributed by atoms with Gasteiger partial charge in [-0.2, -0.15) is 0 Å². The van der Waals surface area contributed by atoms with Gasteiger partial charge in [0.2, 0.25) is 0 Å². The smallest absolute Gasteiger partial charge is 0.0744 e. The summed E-state index contributed by atoms with van der Waals surface area (Å²) < 4.78 is 0. The number of hydrogen-bond donors (Lipinski definition) is 1. The maximum absolute atomic E-state index is 11.1. The van der Waals surface area contributed by atoms with E-state index in [9.17, 15) is 5.11 Å². The summed E-state index contributed by atoms with van der Waals surface area (Å²) in [6, 6.07) is 0. The van der Waals surface area contributed by atoms with Crippen LogP contribution in [0, 0.1) is 11.3 Å². The largest absolute Gasteiger partial charge is 0.389 e. The van der Waals surface area contributed by atoms with Crippen molar-refractivity contribution in [2.24, 2.45) is 11.3 Å². The minimum atomic E-state index is -0.515. The second-order valence-electron chi connectivity index (χ2n) is 8.11. The first-order valence-corrected chi connectivity index (χ1v) is 10.6. The highest BCUT2D eigenvalue weighted by Gasteiger charge is 2.44. The number of aliphatic hydroxyl groups is 1. The van der Waals surface area contributed by atoms with Gasteiger partial charge in [-0.15, -0.1) is 0 Å². The molecule has 0 aromatic carbocycles. The van der Waals surface area contributed by atoms with Crippen LogP contribution in [-0.4, -0.2) is 10.7 Å². The van der Waals surface area contributed by atoms with Crippen LogP contribution in [0.25, 0.3) is 0 Å². The van der Waals surface area contributed by atoms with Crippen molar-refractivity contribution < 1.29 is 5.11 Å². The number of rotatable bonds is 5. The molecule has 0 saturated heterocycles. The van der Waals surface area contributed by atoms with Gasteiger partial charge < -0.3 is 5.11 Å². The molecule has 1 N–H and O–H groups in total. The molecule has 138 valence electrons. The maximum Gasteiger partial charge on any atom is 0.0744 e. The van der Waals surface area contributed by atoms with E-state index in [-0.39, 0.29) is 11.3 Å². The quantitative estimate of drug-likeness (QED) is 0.555. The summed E-state index contributed by atoms with van der Waals surface area (Å²) >= 11 is 0. The molecule has 3 rings (SSSR count). The standard InChI is InChI=1S/C24H36O/c1-5-19-20(6-2)22(8-4)23(21(19)7-3)16-12-18(13-17-23)24(25)14-10-9-11-15-24/h12-13,16-18,25H,5-11,14-15H2,1-4H3. The van der Waals surface area contributed by atoms with Crippen molar-refractivity contribution in [1.29, 1.82) is 0 Å². The van der Waals surface area contributed by atoms with E-state index in [1.807, 2.05) is 0 Å². The molecular weight excluding hydrogens is 304 g/mol. The van der Waals surface area contributed by atoms with E-state index >= 15 is 0 Å². The van der Waals surface area contributed by atoms with Gasteiger partial charge in [-0.3, -0.25) is 0 Å². The molecule has 3 aliphatic rings. The fourth-order valence-electron chi connectivity index (χ4n) is 5.80. The first kappa shape index (κ1) is 18.7. The minimum absolute atomic E-state index is 0.00170. The van der Waals surface area contributed by atoms with Gasteiger partial charge in [0, 0.05) is 11.3 Å². The van der Waals surface area contributed by atoms with Crippen LogP contribution in [0.2, 0.25) is 0 Å². The van der Waals surface area contributed by atoms with Gasteiger partial charge in [0.05, 0.1) is 5.60 Å². The summed E-state index contributed by atoms with van der Waals surface area (Å²) in [6.07, 6.45) is 19.6. The Morgan fingerprint density at radius 1 is 0.800 bits per heavy atom. The van der Waals surface area contributed by atoms with Crippen LogP contribution in [0.1, 0.15) is 85.5 Å². The SMILES string of the molecule is CCC1=C(CC)C2(C=CC(C3(O)CCCCC3)C=C2)C(CC)=C1CC. The molecule has 0 unspecified atom stereocenters. The second kappa shape index (κ2) is 7.27. The Kier molecular flexibility index (Phi) is 5.44. The molecule has 1 spiro atoms. The molecule has 0 bridgehead atoms. The molecule has 0 radical (unpaired) electrons. The first-order valence-electron chi connectivity index (χ1n) is 10.6.